The molecule has 0 saturated carbocycles. The van der Waals surface area contributed by atoms with Gasteiger partial charge in [-0.15, -0.1) is 0 Å². The van der Waals surface area contributed by atoms with Gasteiger partial charge in [-0.05, 0) is 38.8 Å². The first kappa shape index (κ1) is 21.2. The fraction of sp³-hybridized carbons (Fsp3) is 0.938. The summed E-state index contributed by atoms with van der Waals surface area (Å²) < 4.78 is 22.1. The number of rotatable bonds is 8. The van der Waals surface area contributed by atoms with Crippen LogP contribution in [0.2, 0.25) is 0 Å². The van der Waals surface area contributed by atoms with Crippen LogP contribution in [-0.4, -0.2) is 63.8 Å². The topological polar surface area (TPSA) is 99.8 Å². The molecule has 24 heavy (non-hydrogen) atoms. The number of aliphatic imine (C=N–C) groups is 1. The lowest BCUT2D eigenvalue weighted by molar-refractivity contribution is 0.166. The van der Waals surface area contributed by atoms with E-state index in [0.717, 1.165) is 19.6 Å². The van der Waals surface area contributed by atoms with E-state index in [1.165, 1.54) is 25.7 Å². The average Bonchev–Trinajstić information content (AvgIpc) is 2.75. The Bertz CT molecular complexity index is 471. The number of primary sulfonamides is 1. The van der Waals surface area contributed by atoms with E-state index in [1.54, 1.807) is 0 Å². The van der Waals surface area contributed by atoms with Gasteiger partial charge in [-0.3, -0.25) is 9.89 Å². The van der Waals surface area contributed by atoms with Crippen LogP contribution in [-0.2, 0) is 10.0 Å². The molecule has 0 aromatic heterocycles. The quantitative estimate of drug-likeness (QED) is 0.437. The van der Waals surface area contributed by atoms with Gasteiger partial charge in [-0.25, -0.2) is 13.6 Å². The number of nitrogens with two attached hydrogens (primary N) is 1. The van der Waals surface area contributed by atoms with Gasteiger partial charge in [0.2, 0.25) is 10.0 Å². The first-order chi connectivity index (χ1) is 11.3. The molecule has 0 aromatic carbocycles. The van der Waals surface area contributed by atoms with E-state index < -0.39 is 10.0 Å². The predicted octanol–water partition coefficient (Wildman–Crippen LogP) is 0.731. The highest BCUT2D eigenvalue weighted by atomic mass is 32.2. The molecular weight excluding hydrogens is 326 g/mol. The van der Waals surface area contributed by atoms with Gasteiger partial charge in [0.1, 0.15) is 0 Å². The Balaban J connectivity index is 2.64. The molecule has 7 nitrogen and oxygen atoms in total. The van der Waals surface area contributed by atoms with Crippen molar-refractivity contribution < 1.29 is 8.42 Å². The molecule has 142 valence electrons. The second-order valence-electron chi connectivity index (χ2n) is 6.77. The fourth-order valence-electron chi connectivity index (χ4n) is 3.01. The van der Waals surface area contributed by atoms with Crippen LogP contribution in [0.15, 0.2) is 4.99 Å². The van der Waals surface area contributed by atoms with E-state index in [4.69, 9.17) is 5.14 Å². The van der Waals surface area contributed by atoms with Crippen LogP contribution >= 0.6 is 0 Å². The molecule has 0 spiro atoms. The minimum atomic E-state index is -3.45. The van der Waals surface area contributed by atoms with Crippen molar-refractivity contribution in [2.24, 2.45) is 16.0 Å². The number of hydrogen-bond acceptors (Lipinski definition) is 4. The number of nitrogens with zero attached hydrogens (tertiary/aromatic N) is 2. The summed E-state index contributed by atoms with van der Waals surface area (Å²) in [6.45, 7) is 10.5. The molecule has 1 saturated heterocycles. The van der Waals surface area contributed by atoms with Crippen molar-refractivity contribution >= 4 is 16.0 Å². The van der Waals surface area contributed by atoms with Crippen molar-refractivity contribution in [3.63, 3.8) is 0 Å². The Morgan fingerprint density at radius 2 is 1.79 bits per heavy atom. The minimum absolute atomic E-state index is 0.100. The molecule has 0 aromatic rings. The van der Waals surface area contributed by atoms with Gasteiger partial charge in [0.15, 0.2) is 5.96 Å². The van der Waals surface area contributed by atoms with Gasteiger partial charge in [0.25, 0.3) is 0 Å². The molecule has 1 rings (SSSR count). The third-order valence-electron chi connectivity index (χ3n) is 4.34. The molecule has 1 fully saturated rings. The molecule has 8 heteroatoms. The van der Waals surface area contributed by atoms with Gasteiger partial charge in [-0.1, -0.05) is 26.7 Å². The normalized spacial score (nSPS) is 19.1. The molecule has 0 bridgehead atoms. The Morgan fingerprint density at radius 3 is 2.29 bits per heavy atom. The molecular formula is C16H35N5O2S. The van der Waals surface area contributed by atoms with E-state index in [2.05, 4.69) is 34.4 Å². The molecule has 1 aliphatic rings. The smallest absolute Gasteiger partial charge is 0.210 e. The standard InChI is InChI=1S/C16H35N5O2S/c1-4-18-16(19-9-12-24(17,22)23)20-13-15(14(2)3)21-10-7-5-6-8-11-21/h14-15H,4-13H2,1-3H3,(H2,17,22,23)(H2,18,19,20). The van der Waals surface area contributed by atoms with Crippen molar-refractivity contribution in [1.82, 2.24) is 15.5 Å². The zero-order valence-corrected chi connectivity index (χ0v) is 16.2. The van der Waals surface area contributed by atoms with Gasteiger partial charge < -0.3 is 10.6 Å². The highest BCUT2D eigenvalue weighted by Gasteiger charge is 2.22. The van der Waals surface area contributed by atoms with Crippen molar-refractivity contribution in [2.45, 2.75) is 52.5 Å². The summed E-state index contributed by atoms with van der Waals surface area (Å²) in [5, 5.41) is 11.2. The van der Waals surface area contributed by atoms with Crippen molar-refractivity contribution in [3.8, 4) is 0 Å². The predicted molar refractivity (Wildman–Crippen MR) is 101 cm³/mol. The zero-order chi connectivity index (χ0) is 18.0. The largest absolute Gasteiger partial charge is 0.357 e. The number of likely N-dealkylation sites (tertiary alicyclic amines) is 1. The SMILES string of the molecule is CCNC(=NCC(C(C)C)N1CCCCCC1)NCCS(N)(=O)=O. The zero-order valence-electron chi connectivity index (χ0n) is 15.4. The van der Waals surface area contributed by atoms with Crippen LogP contribution in [0.1, 0.15) is 46.5 Å². The van der Waals surface area contributed by atoms with Gasteiger partial charge >= 0.3 is 0 Å². The Labute approximate surface area is 147 Å². The summed E-state index contributed by atoms with van der Waals surface area (Å²) in [5.74, 6) is 1.08. The molecule has 1 unspecified atom stereocenters. The third-order valence-corrected chi connectivity index (χ3v) is 5.11. The van der Waals surface area contributed by atoms with Crippen molar-refractivity contribution in [3.05, 3.63) is 0 Å². The summed E-state index contributed by atoms with van der Waals surface area (Å²) in [4.78, 5) is 7.24. The maximum Gasteiger partial charge on any atom is 0.210 e. The van der Waals surface area contributed by atoms with Gasteiger partial charge in [0.05, 0.1) is 12.3 Å². The maximum atomic E-state index is 11.0. The second kappa shape index (κ2) is 10.9. The highest BCUT2D eigenvalue weighted by Crippen LogP contribution is 2.17. The summed E-state index contributed by atoms with van der Waals surface area (Å²) in [6, 6.07) is 0.414. The lowest BCUT2D eigenvalue weighted by Gasteiger charge is -2.32. The fourth-order valence-corrected chi connectivity index (χ4v) is 3.40. The maximum absolute atomic E-state index is 11.0. The second-order valence-corrected chi connectivity index (χ2v) is 8.51. The average molecular weight is 362 g/mol. The first-order valence-corrected chi connectivity index (χ1v) is 10.8. The summed E-state index contributed by atoms with van der Waals surface area (Å²) in [7, 11) is -3.45. The summed E-state index contributed by atoms with van der Waals surface area (Å²) >= 11 is 0. The van der Waals surface area contributed by atoms with Crippen LogP contribution in [0, 0.1) is 5.92 Å². The third kappa shape index (κ3) is 8.84. The molecule has 1 atom stereocenters. The van der Waals surface area contributed by atoms with E-state index in [1.807, 2.05) is 6.92 Å². The van der Waals surface area contributed by atoms with Crippen LogP contribution in [0.25, 0.3) is 0 Å². The number of guanidine groups is 1. The van der Waals surface area contributed by atoms with Gasteiger partial charge in [-0.2, -0.15) is 0 Å². The first-order valence-electron chi connectivity index (χ1n) is 9.10. The Morgan fingerprint density at radius 1 is 1.17 bits per heavy atom. The molecule has 1 aliphatic heterocycles. The molecule has 0 radical (unpaired) electrons. The van der Waals surface area contributed by atoms with Crippen LogP contribution in [0.5, 0.6) is 0 Å². The lowest BCUT2D eigenvalue weighted by Crippen LogP contribution is -2.44. The van der Waals surface area contributed by atoms with Crippen molar-refractivity contribution in [1.29, 1.82) is 0 Å². The van der Waals surface area contributed by atoms with Crippen molar-refractivity contribution in [2.75, 3.05) is 38.5 Å². The van der Waals surface area contributed by atoms with E-state index in [9.17, 15) is 8.42 Å². The summed E-state index contributed by atoms with van der Waals surface area (Å²) in [5.41, 5.74) is 0. The van der Waals surface area contributed by atoms with E-state index >= 15 is 0 Å². The monoisotopic (exact) mass is 361 g/mol. The number of sulfonamides is 1. The van der Waals surface area contributed by atoms with E-state index in [-0.39, 0.29) is 12.3 Å². The summed E-state index contributed by atoms with van der Waals surface area (Å²) in [6.07, 6.45) is 5.17. The number of nitrogens with one attached hydrogen (secondary N) is 2. The number of hydrogen-bond donors (Lipinski definition) is 3. The lowest BCUT2D eigenvalue weighted by atomic mass is 10.0. The van der Waals surface area contributed by atoms with Crippen LogP contribution in [0.4, 0.5) is 0 Å². The van der Waals surface area contributed by atoms with Crippen LogP contribution in [0.3, 0.4) is 0 Å². The molecule has 0 amide bonds. The molecule has 1 heterocycles. The Hall–Kier alpha value is -0.860. The van der Waals surface area contributed by atoms with Gasteiger partial charge in [0, 0.05) is 19.1 Å². The van der Waals surface area contributed by atoms with E-state index in [0.29, 0.717) is 24.5 Å². The minimum Gasteiger partial charge on any atom is -0.357 e. The molecule has 0 aliphatic carbocycles. The molecule has 4 N–H and O–H groups in total. The van der Waals surface area contributed by atoms with Crippen LogP contribution < -0.4 is 15.8 Å². The Kier molecular flexibility index (Phi) is 9.61. The highest BCUT2D eigenvalue weighted by molar-refractivity contribution is 7.89.